The summed E-state index contributed by atoms with van der Waals surface area (Å²) in [7, 11) is -2.63. The molecule has 0 fully saturated rings. The van der Waals surface area contributed by atoms with E-state index >= 15 is 0 Å². The number of amides is 1. The van der Waals surface area contributed by atoms with Gasteiger partial charge in [-0.2, -0.15) is 4.72 Å². The zero-order chi connectivity index (χ0) is 17.6. The van der Waals surface area contributed by atoms with Crippen LogP contribution in [0.5, 0.6) is 0 Å². The van der Waals surface area contributed by atoms with Crippen LogP contribution in [-0.4, -0.2) is 33.9 Å². The summed E-state index contributed by atoms with van der Waals surface area (Å²) in [4.78, 5) is 22.9. The molecule has 8 heteroatoms. The second-order valence-electron chi connectivity index (χ2n) is 5.44. The molecule has 7 nitrogen and oxygen atoms in total. The molecule has 0 bridgehead atoms. The molecular formula is C16H20N2O5S. The average Bonchev–Trinajstić information content (AvgIpc) is 3.06. The minimum Gasteiger partial charge on any atom is -0.468 e. The number of benzene rings is 1. The maximum Gasteiger partial charge on any atom is 0.320 e. The van der Waals surface area contributed by atoms with Crippen LogP contribution in [0.15, 0.2) is 41.3 Å². The minimum absolute atomic E-state index is 0.00290. The van der Waals surface area contributed by atoms with E-state index in [1.165, 1.54) is 31.4 Å². The Morgan fingerprint density at radius 3 is 2.54 bits per heavy atom. The van der Waals surface area contributed by atoms with Gasteiger partial charge in [-0.05, 0) is 43.0 Å². The molecule has 0 aromatic heterocycles. The first-order chi connectivity index (χ1) is 11.4. The highest BCUT2D eigenvalue weighted by Crippen LogP contribution is 2.21. The molecule has 0 saturated heterocycles. The van der Waals surface area contributed by atoms with Crippen LogP contribution in [0.25, 0.3) is 0 Å². The number of carbonyl (C=O) groups excluding carboxylic acids is 2. The Labute approximate surface area is 141 Å². The van der Waals surface area contributed by atoms with E-state index in [1.54, 1.807) is 0 Å². The predicted octanol–water partition coefficient (Wildman–Crippen LogP) is 1.43. The second-order valence-corrected chi connectivity index (χ2v) is 7.21. The van der Waals surface area contributed by atoms with Crippen LogP contribution in [0.2, 0.25) is 0 Å². The molecule has 0 aliphatic heterocycles. The van der Waals surface area contributed by atoms with Crippen LogP contribution in [0.4, 0.5) is 5.69 Å². The average molecular weight is 352 g/mol. The number of nitrogens with one attached hydrogen (secondary N) is 2. The lowest BCUT2D eigenvalue weighted by atomic mass is 10.1. The Hall–Kier alpha value is -2.19. The van der Waals surface area contributed by atoms with E-state index in [-0.39, 0.29) is 16.7 Å². The molecule has 1 aliphatic carbocycles. The Balaban J connectivity index is 1.93. The topological polar surface area (TPSA) is 102 Å². The Morgan fingerprint density at radius 2 is 1.96 bits per heavy atom. The van der Waals surface area contributed by atoms with Gasteiger partial charge in [0.2, 0.25) is 15.9 Å². The fourth-order valence-corrected chi connectivity index (χ4v) is 3.31. The molecule has 2 N–H and O–H groups in total. The predicted molar refractivity (Wildman–Crippen MR) is 88.8 cm³/mol. The number of carbonyl (C=O) groups is 2. The maximum atomic E-state index is 12.0. The minimum atomic E-state index is -3.80. The van der Waals surface area contributed by atoms with Crippen LogP contribution in [-0.2, 0) is 24.3 Å². The lowest BCUT2D eigenvalue weighted by molar-refractivity contribution is -0.139. The number of ether oxygens (including phenoxy) is 1. The van der Waals surface area contributed by atoms with E-state index in [1.807, 2.05) is 6.08 Å². The van der Waals surface area contributed by atoms with Gasteiger partial charge in [0.05, 0.1) is 12.0 Å². The van der Waals surface area contributed by atoms with Crippen molar-refractivity contribution in [3.05, 3.63) is 36.4 Å². The molecule has 1 aliphatic rings. The monoisotopic (exact) mass is 352 g/mol. The zero-order valence-corrected chi connectivity index (χ0v) is 14.1. The number of anilines is 1. The molecule has 0 spiro atoms. The van der Waals surface area contributed by atoms with E-state index in [9.17, 15) is 18.0 Å². The van der Waals surface area contributed by atoms with Gasteiger partial charge < -0.3 is 10.1 Å². The van der Waals surface area contributed by atoms with E-state index in [4.69, 9.17) is 0 Å². The standard InChI is InChI=1S/C16H20N2O5S/c1-23-16(20)11-17-24(21,22)14-8-6-13(7-9-14)18-15(19)10-12-4-2-3-5-12/h2,4,6-9,12,17H,3,5,10-11H2,1H3,(H,18,19)/t12-/m0/s1. The van der Waals surface area contributed by atoms with Gasteiger partial charge in [0.25, 0.3) is 0 Å². The number of hydrogen-bond acceptors (Lipinski definition) is 5. The summed E-state index contributed by atoms with van der Waals surface area (Å²) in [5.41, 5.74) is 0.522. The largest absolute Gasteiger partial charge is 0.468 e. The maximum absolute atomic E-state index is 12.0. The molecule has 0 heterocycles. The van der Waals surface area contributed by atoms with Crippen molar-refractivity contribution < 1.29 is 22.7 Å². The van der Waals surface area contributed by atoms with Crippen LogP contribution >= 0.6 is 0 Å². The third kappa shape index (κ3) is 5.17. The molecule has 2 rings (SSSR count). The number of methoxy groups -OCH3 is 1. The summed E-state index contributed by atoms with van der Waals surface area (Å²) in [6.07, 6.45) is 6.51. The second kappa shape index (κ2) is 8.07. The first-order valence-corrected chi connectivity index (χ1v) is 9.02. The van der Waals surface area contributed by atoms with Gasteiger partial charge >= 0.3 is 5.97 Å². The smallest absolute Gasteiger partial charge is 0.320 e. The van der Waals surface area contributed by atoms with Crippen molar-refractivity contribution in [3.8, 4) is 0 Å². The Bertz CT molecular complexity index is 725. The third-order valence-corrected chi connectivity index (χ3v) is 5.06. The first-order valence-electron chi connectivity index (χ1n) is 7.54. The molecule has 0 unspecified atom stereocenters. The molecule has 1 aromatic carbocycles. The Morgan fingerprint density at radius 1 is 1.25 bits per heavy atom. The summed E-state index contributed by atoms with van der Waals surface area (Å²) in [6, 6.07) is 5.75. The highest BCUT2D eigenvalue weighted by Gasteiger charge is 2.17. The summed E-state index contributed by atoms with van der Waals surface area (Å²) >= 11 is 0. The van der Waals surface area contributed by atoms with Gasteiger partial charge in [-0.3, -0.25) is 9.59 Å². The van der Waals surface area contributed by atoms with E-state index in [2.05, 4.69) is 20.9 Å². The number of rotatable bonds is 7. The summed E-state index contributed by atoms with van der Waals surface area (Å²) in [5.74, 6) is -0.512. The number of allylic oxidation sites excluding steroid dienone is 2. The van der Waals surface area contributed by atoms with Crippen molar-refractivity contribution in [1.82, 2.24) is 4.72 Å². The van der Waals surface area contributed by atoms with Crippen molar-refractivity contribution in [2.75, 3.05) is 19.0 Å². The quantitative estimate of drug-likeness (QED) is 0.571. The number of hydrogen-bond donors (Lipinski definition) is 2. The molecule has 1 aromatic rings. The van der Waals surface area contributed by atoms with Crippen LogP contribution in [0.3, 0.4) is 0 Å². The van der Waals surface area contributed by atoms with E-state index in [0.717, 1.165) is 12.8 Å². The summed E-state index contributed by atoms with van der Waals surface area (Å²) in [5, 5.41) is 2.74. The molecule has 0 saturated carbocycles. The Kier molecular flexibility index (Phi) is 6.10. The van der Waals surface area contributed by atoms with Crippen molar-refractivity contribution in [3.63, 3.8) is 0 Å². The molecule has 130 valence electrons. The first kappa shape index (κ1) is 18.2. The zero-order valence-electron chi connectivity index (χ0n) is 13.3. The van der Waals surface area contributed by atoms with Gasteiger partial charge in [0.15, 0.2) is 0 Å². The fraction of sp³-hybridized carbons (Fsp3) is 0.375. The highest BCUT2D eigenvalue weighted by molar-refractivity contribution is 7.89. The molecule has 1 amide bonds. The molecular weight excluding hydrogens is 332 g/mol. The summed E-state index contributed by atoms with van der Waals surface area (Å²) < 4.78 is 30.5. The lowest BCUT2D eigenvalue weighted by Crippen LogP contribution is -2.30. The lowest BCUT2D eigenvalue weighted by Gasteiger charge is -2.10. The summed E-state index contributed by atoms with van der Waals surface area (Å²) in [6.45, 7) is -0.438. The van der Waals surface area contributed by atoms with E-state index in [0.29, 0.717) is 12.1 Å². The number of sulfonamides is 1. The van der Waals surface area contributed by atoms with E-state index < -0.39 is 22.5 Å². The van der Waals surface area contributed by atoms with Crippen molar-refractivity contribution in [2.24, 2.45) is 5.92 Å². The molecule has 1 atom stereocenters. The van der Waals surface area contributed by atoms with Gasteiger partial charge in [0, 0.05) is 12.1 Å². The van der Waals surface area contributed by atoms with Crippen molar-refractivity contribution in [2.45, 2.75) is 24.2 Å². The van der Waals surface area contributed by atoms with Gasteiger partial charge in [-0.15, -0.1) is 0 Å². The van der Waals surface area contributed by atoms with Gasteiger partial charge in [-0.25, -0.2) is 8.42 Å². The van der Waals surface area contributed by atoms with Crippen LogP contribution in [0.1, 0.15) is 19.3 Å². The van der Waals surface area contributed by atoms with Crippen molar-refractivity contribution in [1.29, 1.82) is 0 Å². The van der Waals surface area contributed by atoms with Crippen LogP contribution < -0.4 is 10.0 Å². The molecule has 24 heavy (non-hydrogen) atoms. The van der Waals surface area contributed by atoms with Crippen molar-refractivity contribution >= 4 is 27.6 Å². The highest BCUT2D eigenvalue weighted by atomic mass is 32.2. The third-order valence-electron chi connectivity index (χ3n) is 3.64. The fourth-order valence-electron chi connectivity index (χ4n) is 2.34. The van der Waals surface area contributed by atoms with Crippen LogP contribution in [0, 0.1) is 5.92 Å². The van der Waals surface area contributed by atoms with Gasteiger partial charge in [-0.1, -0.05) is 12.2 Å². The SMILES string of the molecule is COC(=O)CNS(=O)(=O)c1ccc(NC(=O)C[C@H]2C=CCC2)cc1. The van der Waals surface area contributed by atoms with Gasteiger partial charge in [0.1, 0.15) is 6.54 Å². The normalized spacial score (nSPS) is 16.8. The molecule has 0 radical (unpaired) electrons. The number of esters is 1.